The number of benzene rings is 1. The summed E-state index contributed by atoms with van der Waals surface area (Å²) in [5, 5.41) is 46.1. The molecule has 0 unspecified atom stereocenters. The van der Waals surface area contributed by atoms with E-state index < -0.39 is 57.5 Å². The summed E-state index contributed by atoms with van der Waals surface area (Å²) in [5.41, 5.74) is 1.83. The molecule has 1 aromatic rings. The number of carbonyl (C=O) groups is 4. The number of anilines is 1. The number of ketones is 2. The molecule has 0 radical (unpaired) electrons. The van der Waals surface area contributed by atoms with Gasteiger partial charge in [0.2, 0.25) is 11.7 Å². The molecule has 1 saturated carbocycles. The highest BCUT2D eigenvalue weighted by atomic mass is 16.3. The number of hydrogen-bond donors (Lipinski definition) is 5. The number of primary amides is 1. The highest BCUT2D eigenvalue weighted by molar-refractivity contribution is 6.24. The molecule has 5 rings (SSSR count). The second-order valence-corrected chi connectivity index (χ2v) is 12.6. The number of aromatic hydroxyl groups is 1. The Balaban J connectivity index is 1.76. The Morgan fingerprint density at radius 3 is 2.21 bits per heavy atom. The normalized spacial score (nSPS) is 29.4. The fraction of sp³-hybridized carbons (Fsp3) is 0.533. The van der Waals surface area contributed by atoms with Crippen molar-refractivity contribution in [1.82, 2.24) is 14.7 Å². The molecule has 232 valence electrons. The van der Waals surface area contributed by atoms with Gasteiger partial charge in [-0.05, 0) is 44.6 Å². The Morgan fingerprint density at radius 2 is 1.67 bits per heavy atom. The lowest BCUT2D eigenvalue weighted by Gasteiger charge is -2.56. The van der Waals surface area contributed by atoms with Gasteiger partial charge in [0.05, 0.1) is 11.6 Å². The number of fused-ring (bicyclic) bond motifs is 3. The number of amides is 2. The standard InChI is InChI=1S/C30H39N5O8/c1-15(36)35-10-8-34(9-11-35)14-29-12-16-18(32(2)3)6-7-19(37)20(16)24(38)22(29)27(41)30(43)17(13-29)23(33(4)5)25(39)21(26(30)40)28(31)42/h6-7,17,23,37-38,40,43H,8-14H2,1-5H3,(H2,31,42)/t17-,23-,29-,30+/m0/s1. The summed E-state index contributed by atoms with van der Waals surface area (Å²) >= 11 is 0. The fourth-order valence-electron chi connectivity index (χ4n) is 7.68. The lowest BCUT2D eigenvalue weighted by molar-refractivity contribution is -0.158. The third-order valence-electron chi connectivity index (χ3n) is 9.63. The number of aliphatic hydroxyl groups excluding tert-OH is 2. The van der Waals surface area contributed by atoms with E-state index in [2.05, 4.69) is 4.90 Å². The van der Waals surface area contributed by atoms with E-state index in [-0.39, 0.29) is 42.2 Å². The molecule has 0 aromatic heterocycles. The molecule has 1 aromatic carbocycles. The predicted octanol–water partition coefficient (Wildman–Crippen LogP) is -0.436. The van der Waals surface area contributed by atoms with Gasteiger partial charge in [0.1, 0.15) is 22.8 Å². The first-order valence-corrected chi connectivity index (χ1v) is 14.2. The number of carbonyl (C=O) groups excluding carboxylic acids is 4. The minimum atomic E-state index is -2.74. The summed E-state index contributed by atoms with van der Waals surface area (Å²) in [7, 11) is 6.78. The summed E-state index contributed by atoms with van der Waals surface area (Å²) in [6, 6.07) is 1.93. The summed E-state index contributed by atoms with van der Waals surface area (Å²) in [6.45, 7) is 3.62. The molecule has 3 aliphatic carbocycles. The molecule has 0 spiro atoms. The molecule has 1 heterocycles. The number of piperazine rings is 1. The first kappa shape index (κ1) is 30.5. The molecule has 4 aliphatic rings. The SMILES string of the molecule is CC(=O)N1CCN(C[C@@]23Cc4c(N(C)C)ccc(O)c4C(O)=C2C(=O)[C@]2(O)C(O)=C(C(N)=O)C(=O)[C@@H](N(C)C)[C@@H]2C3)CC1. The Kier molecular flexibility index (Phi) is 7.35. The minimum absolute atomic E-state index is 0.0335. The topological polar surface area (TPSA) is 188 Å². The average Bonchev–Trinajstić information content (AvgIpc) is 2.90. The van der Waals surface area contributed by atoms with E-state index >= 15 is 0 Å². The molecule has 13 nitrogen and oxygen atoms in total. The van der Waals surface area contributed by atoms with E-state index in [9.17, 15) is 39.6 Å². The molecule has 6 N–H and O–H groups in total. The summed E-state index contributed by atoms with van der Waals surface area (Å²) in [6.07, 6.45) is 0.130. The van der Waals surface area contributed by atoms with Crippen molar-refractivity contribution in [2.24, 2.45) is 17.1 Å². The quantitative estimate of drug-likeness (QED) is 0.277. The van der Waals surface area contributed by atoms with E-state index in [4.69, 9.17) is 5.73 Å². The van der Waals surface area contributed by atoms with Gasteiger partial charge in [-0.25, -0.2) is 0 Å². The van der Waals surface area contributed by atoms with Gasteiger partial charge in [0.25, 0.3) is 5.91 Å². The zero-order valence-corrected chi connectivity index (χ0v) is 25.0. The van der Waals surface area contributed by atoms with Crippen LogP contribution in [0, 0.1) is 11.3 Å². The van der Waals surface area contributed by atoms with Crippen LogP contribution < -0.4 is 10.6 Å². The number of rotatable bonds is 5. The molecule has 1 aliphatic heterocycles. The Labute approximate surface area is 249 Å². The van der Waals surface area contributed by atoms with Crippen molar-refractivity contribution in [2.45, 2.75) is 31.4 Å². The molecular formula is C30H39N5O8. The average molecular weight is 598 g/mol. The maximum absolute atomic E-state index is 14.6. The van der Waals surface area contributed by atoms with Crippen LogP contribution in [0.25, 0.3) is 5.76 Å². The van der Waals surface area contributed by atoms with Crippen LogP contribution in [0.15, 0.2) is 29.0 Å². The van der Waals surface area contributed by atoms with Crippen molar-refractivity contribution in [1.29, 1.82) is 0 Å². The molecule has 13 heteroatoms. The molecule has 1 saturated heterocycles. The first-order valence-electron chi connectivity index (χ1n) is 14.2. The maximum Gasteiger partial charge on any atom is 0.255 e. The van der Waals surface area contributed by atoms with Crippen LogP contribution in [0.3, 0.4) is 0 Å². The van der Waals surface area contributed by atoms with Crippen LogP contribution >= 0.6 is 0 Å². The predicted molar refractivity (Wildman–Crippen MR) is 156 cm³/mol. The van der Waals surface area contributed by atoms with Crippen molar-refractivity contribution >= 4 is 34.8 Å². The smallest absolute Gasteiger partial charge is 0.255 e. The summed E-state index contributed by atoms with van der Waals surface area (Å²) < 4.78 is 0. The molecular weight excluding hydrogens is 558 g/mol. The monoisotopic (exact) mass is 597 g/mol. The molecule has 2 amide bonds. The van der Waals surface area contributed by atoms with Gasteiger partial charge < -0.3 is 36.0 Å². The number of likely N-dealkylation sites (N-methyl/N-ethyl adjacent to an activating group) is 1. The van der Waals surface area contributed by atoms with Crippen molar-refractivity contribution in [3.05, 3.63) is 40.2 Å². The number of Topliss-reactive ketones (excluding diaryl/α,β-unsaturated/α-hetero) is 2. The van der Waals surface area contributed by atoms with Crippen molar-refractivity contribution in [3.8, 4) is 5.75 Å². The van der Waals surface area contributed by atoms with E-state index in [0.717, 1.165) is 0 Å². The molecule has 0 bridgehead atoms. The van der Waals surface area contributed by atoms with Crippen LogP contribution in [0.1, 0.15) is 24.5 Å². The first-order chi connectivity index (χ1) is 20.1. The zero-order valence-electron chi connectivity index (χ0n) is 25.0. The van der Waals surface area contributed by atoms with Gasteiger partial charge in [-0.3, -0.25) is 29.0 Å². The highest BCUT2D eigenvalue weighted by Crippen LogP contribution is 2.59. The van der Waals surface area contributed by atoms with Gasteiger partial charge in [-0.1, -0.05) is 0 Å². The van der Waals surface area contributed by atoms with E-state index in [1.165, 1.54) is 17.9 Å². The Hall–Kier alpha value is -3.94. The van der Waals surface area contributed by atoms with Gasteiger partial charge in [0, 0.05) is 76.3 Å². The van der Waals surface area contributed by atoms with Crippen molar-refractivity contribution in [3.63, 3.8) is 0 Å². The maximum atomic E-state index is 14.6. The third-order valence-corrected chi connectivity index (χ3v) is 9.63. The summed E-state index contributed by atoms with van der Waals surface area (Å²) in [4.78, 5) is 59.6. The van der Waals surface area contributed by atoms with Gasteiger partial charge in [0.15, 0.2) is 11.4 Å². The lowest BCUT2D eigenvalue weighted by Crippen LogP contribution is -2.68. The largest absolute Gasteiger partial charge is 0.508 e. The fourth-order valence-corrected chi connectivity index (χ4v) is 7.68. The number of nitrogens with two attached hydrogens (primary N) is 1. The lowest BCUT2D eigenvalue weighted by atomic mass is 9.51. The van der Waals surface area contributed by atoms with Crippen LogP contribution in [0.2, 0.25) is 0 Å². The van der Waals surface area contributed by atoms with Crippen molar-refractivity contribution in [2.75, 3.05) is 65.8 Å². The molecule has 43 heavy (non-hydrogen) atoms. The van der Waals surface area contributed by atoms with E-state index in [1.807, 2.05) is 19.0 Å². The van der Waals surface area contributed by atoms with Gasteiger partial charge in [-0.15, -0.1) is 0 Å². The Morgan fingerprint density at radius 1 is 1.05 bits per heavy atom. The number of phenolic OH excluding ortho intramolecular Hbond substituents is 1. The second-order valence-electron chi connectivity index (χ2n) is 12.6. The van der Waals surface area contributed by atoms with Crippen LogP contribution in [-0.4, -0.2) is 131 Å². The minimum Gasteiger partial charge on any atom is -0.508 e. The second kappa shape index (κ2) is 10.4. The van der Waals surface area contributed by atoms with Crippen LogP contribution in [-0.2, 0) is 25.6 Å². The van der Waals surface area contributed by atoms with Gasteiger partial charge >= 0.3 is 0 Å². The highest BCUT2D eigenvalue weighted by Gasteiger charge is 2.68. The zero-order chi connectivity index (χ0) is 31.8. The van der Waals surface area contributed by atoms with E-state index in [1.54, 1.807) is 25.1 Å². The number of aliphatic hydroxyl groups is 3. The third kappa shape index (κ3) is 4.40. The number of nitrogens with zero attached hydrogens (tertiary/aromatic N) is 4. The van der Waals surface area contributed by atoms with Crippen LogP contribution in [0.4, 0.5) is 5.69 Å². The number of phenols is 1. The summed E-state index contributed by atoms with van der Waals surface area (Å²) in [5.74, 6) is -6.32. The number of hydrogen-bond acceptors (Lipinski definition) is 11. The molecule has 2 fully saturated rings. The Bertz CT molecular complexity index is 1490. The van der Waals surface area contributed by atoms with Crippen molar-refractivity contribution < 1.29 is 39.6 Å². The molecule has 4 atom stereocenters. The van der Waals surface area contributed by atoms with Crippen LogP contribution in [0.5, 0.6) is 5.75 Å². The van der Waals surface area contributed by atoms with E-state index in [0.29, 0.717) is 37.4 Å². The van der Waals surface area contributed by atoms with Gasteiger partial charge in [-0.2, -0.15) is 0 Å².